The van der Waals surface area contributed by atoms with E-state index in [-0.39, 0.29) is 22.8 Å². The second-order valence-corrected chi connectivity index (χ2v) is 7.47. The first-order valence-corrected chi connectivity index (χ1v) is 6.89. The number of carbonyl (C=O) groups is 1. The van der Waals surface area contributed by atoms with Crippen LogP contribution in [0.1, 0.15) is 47.1 Å². The van der Waals surface area contributed by atoms with E-state index in [2.05, 4.69) is 46.5 Å². The van der Waals surface area contributed by atoms with Gasteiger partial charge in [0.1, 0.15) is 0 Å². The van der Waals surface area contributed by atoms with Gasteiger partial charge in [-0.15, -0.1) is 0 Å². The molecule has 1 aliphatic rings. The van der Waals surface area contributed by atoms with E-state index >= 15 is 0 Å². The molecule has 1 aromatic rings. The minimum atomic E-state index is -0.223. The predicted octanol–water partition coefficient (Wildman–Crippen LogP) is 3.43. The minimum Gasteiger partial charge on any atom is -0.305 e. The summed E-state index contributed by atoms with van der Waals surface area (Å²) in [5, 5.41) is 0. The number of anilines is 1. The zero-order valence-corrected chi connectivity index (χ0v) is 12.8. The molecule has 0 fully saturated rings. The van der Waals surface area contributed by atoms with Gasteiger partial charge in [0.25, 0.3) is 0 Å². The Hall–Kier alpha value is -1.38. The van der Waals surface area contributed by atoms with Crippen molar-refractivity contribution < 1.29 is 4.79 Å². The van der Waals surface area contributed by atoms with Crippen molar-refractivity contribution in [2.24, 2.45) is 11.3 Å². The predicted molar refractivity (Wildman–Crippen MR) is 78.1 cm³/mol. The molecule has 1 aliphatic heterocycles. The van der Waals surface area contributed by atoms with Crippen molar-refractivity contribution in [3.63, 3.8) is 0 Å². The summed E-state index contributed by atoms with van der Waals surface area (Å²) in [6.45, 7) is 12.7. The lowest BCUT2D eigenvalue weighted by atomic mass is 9.73. The first kappa shape index (κ1) is 14.0. The average molecular weight is 260 g/mol. The second-order valence-electron chi connectivity index (χ2n) is 7.47. The van der Waals surface area contributed by atoms with Crippen molar-refractivity contribution in [3.8, 4) is 0 Å². The lowest BCUT2D eigenvalue weighted by molar-refractivity contribution is -0.127. The van der Waals surface area contributed by atoms with Crippen LogP contribution in [0.25, 0.3) is 0 Å². The normalized spacial score (nSPS) is 20.4. The highest BCUT2D eigenvalue weighted by Crippen LogP contribution is 2.41. The van der Waals surface area contributed by atoms with Crippen LogP contribution in [0.4, 0.5) is 5.69 Å². The van der Waals surface area contributed by atoms with Gasteiger partial charge in [-0.3, -0.25) is 9.78 Å². The Morgan fingerprint density at radius 2 is 1.84 bits per heavy atom. The zero-order valence-electron chi connectivity index (χ0n) is 12.8. The molecule has 2 heterocycles. The molecule has 104 valence electrons. The highest BCUT2D eigenvalue weighted by Gasteiger charge is 2.43. The standard InChI is InChI=1S/C16H24N2O/c1-15(2,3)12-9-11-7-8-17-10-13(11)18(14(12)19)16(4,5)6/h7-8,10,12H,9H2,1-6H3. The molecule has 1 atom stereocenters. The van der Waals surface area contributed by atoms with Crippen LogP contribution < -0.4 is 4.90 Å². The monoisotopic (exact) mass is 260 g/mol. The maximum Gasteiger partial charge on any atom is 0.231 e. The molecule has 1 unspecified atom stereocenters. The fraction of sp³-hybridized carbons (Fsp3) is 0.625. The molecule has 0 spiro atoms. The summed E-state index contributed by atoms with van der Waals surface area (Å²) in [5.74, 6) is 0.252. The molecule has 1 aromatic heterocycles. The summed E-state index contributed by atoms with van der Waals surface area (Å²) >= 11 is 0. The van der Waals surface area contributed by atoms with Gasteiger partial charge in [-0.1, -0.05) is 20.8 Å². The third-order valence-electron chi connectivity index (χ3n) is 3.79. The molecule has 0 saturated carbocycles. The van der Waals surface area contributed by atoms with Gasteiger partial charge in [0.05, 0.1) is 11.9 Å². The molecule has 2 rings (SSSR count). The van der Waals surface area contributed by atoms with Crippen LogP contribution in [0.2, 0.25) is 0 Å². The quantitative estimate of drug-likeness (QED) is 0.716. The Morgan fingerprint density at radius 3 is 2.37 bits per heavy atom. The number of hydrogen-bond acceptors (Lipinski definition) is 2. The maximum absolute atomic E-state index is 12.9. The topological polar surface area (TPSA) is 33.2 Å². The number of amides is 1. The number of nitrogens with zero attached hydrogens (tertiary/aromatic N) is 2. The first-order valence-electron chi connectivity index (χ1n) is 6.89. The van der Waals surface area contributed by atoms with Crippen molar-refractivity contribution in [2.45, 2.75) is 53.5 Å². The van der Waals surface area contributed by atoms with Gasteiger partial charge in [0, 0.05) is 17.7 Å². The van der Waals surface area contributed by atoms with Gasteiger partial charge < -0.3 is 4.90 Å². The van der Waals surface area contributed by atoms with E-state index in [0.29, 0.717) is 0 Å². The van der Waals surface area contributed by atoms with Gasteiger partial charge in [0.15, 0.2) is 0 Å². The Morgan fingerprint density at radius 1 is 1.21 bits per heavy atom. The molecule has 3 heteroatoms. The SMILES string of the molecule is CC(C)(C)C1Cc2ccncc2N(C(C)(C)C)C1=O. The summed E-state index contributed by atoms with van der Waals surface area (Å²) in [6.07, 6.45) is 4.44. The lowest BCUT2D eigenvalue weighted by Gasteiger charge is -2.45. The minimum absolute atomic E-state index is 0.0262. The fourth-order valence-corrected chi connectivity index (χ4v) is 2.74. The second kappa shape index (κ2) is 4.32. The smallest absolute Gasteiger partial charge is 0.231 e. The molecule has 0 bridgehead atoms. The van der Waals surface area contributed by atoms with E-state index in [9.17, 15) is 4.79 Å². The Labute approximate surface area is 116 Å². The molecule has 0 aliphatic carbocycles. The van der Waals surface area contributed by atoms with E-state index in [1.807, 2.05) is 23.4 Å². The van der Waals surface area contributed by atoms with Crippen LogP contribution in [-0.2, 0) is 11.2 Å². The Bertz CT molecular complexity index is 494. The molecule has 0 aromatic carbocycles. The van der Waals surface area contributed by atoms with Gasteiger partial charge >= 0.3 is 0 Å². The fourth-order valence-electron chi connectivity index (χ4n) is 2.74. The lowest BCUT2D eigenvalue weighted by Crippen LogP contribution is -2.54. The van der Waals surface area contributed by atoms with Gasteiger partial charge in [-0.05, 0) is 44.2 Å². The van der Waals surface area contributed by atoms with Gasteiger partial charge in [-0.2, -0.15) is 0 Å². The zero-order chi connectivity index (χ0) is 14.4. The van der Waals surface area contributed by atoms with Gasteiger partial charge in [0.2, 0.25) is 5.91 Å². The summed E-state index contributed by atoms with van der Waals surface area (Å²) in [4.78, 5) is 19.0. The van der Waals surface area contributed by atoms with Crippen LogP contribution in [0.3, 0.4) is 0 Å². The van der Waals surface area contributed by atoms with E-state index in [1.54, 1.807) is 0 Å². The summed E-state index contributed by atoms with van der Waals surface area (Å²) < 4.78 is 0. The van der Waals surface area contributed by atoms with E-state index in [4.69, 9.17) is 0 Å². The summed E-state index contributed by atoms with van der Waals surface area (Å²) in [7, 11) is 0. The third-order valence-corrected chi connectivity index (χ3v) is 3.79. The highest BCUT2D eigenvalue weighted by atomic mass is 16.2. The van der Waals surface area contributed by atoms with Gasteiger partial charge in [-0.25, -0.2) is 0 Å². The number of rotatable bonds is 0. The number of hydrogen-bond donors (Lipinski definition) is 0. The van der Waals surface area contributed by atoms with Crippen molar-refractivity contribution in [3.05, 3.63) is 24.0 Å². The third kappa shape index (κ3) is 2.51. The van der Waals surface area contributed by atoms with Crippen LogP contribution in [-0.4, -0.2) is 16.4 Å². The number of aromatic nitrogens is 1. The number of carbonyl (C=O) groups excluding carboxylic acids is 1. The van der Waals surface area contributed by atoms with Crippen LogP contribution >= 0.6 is 0 Å². The molecule has 0 radical (unpaired) electrons. The number of pyridine rings is 1. The van der Waals surface area contributed by atoms with Crippen molar-refractivity contribution >= 4 is 11.6 Å². The molecule has 3 nitrogen and oxygen atoms in total. The molecule has 1 amide bonds. The van der Waals surface area contributed by atoms with E-state index in [1.165, 1.54) is 5.56 Å². The Balaban J connectivity index is 2.56. The van der Waals surface area contributed by atoms with Crippen LogP contribution in [0.5, 0.6) is 0 Å². The molecular weight excluding hydrogens is 236 g/mol. The summed E-state index contributed by atoms with van der Waals surface area (Å²) in [6, 6.07) is 2.04. The van der Waals surface area contributed by atoms with E-state index < -0.39 is 0 Å². The average Bonchev–Trinajstić information content (AvgIpc) is 2.24. The van der Waals surface area contributed by atoms with Crippen molar-refractivity contribution in [1.82, 2.24) is 4.98 Å². The highest BCUT2D eigenvalue weighted by molar-refractivity contribution is 5.99. The van der Waals surface area contributed by atoms with Crippen LogP contribution in [0.15, 0.2) is 18.5 Å². The Kier molecular flexibility index (Phi) is 3.20. The maximum atomic E-state index is 12.9. The molecule has 19 heavy (non-hydrogen) atoms. The molecule has 0 N–H and O–H groups in total. The molecular formula is C16H24N2O. The molecule has 0 saturated heterocycles. The van der Waals surface area contributed by atoms with Crippen molar-refractivity contribution in [2.75, 3.05) is 4.90 Å². The van der Waals surface area contributed by atoms with E-state index in [0.717, 1.165) is 12.1 Å². The number of fused-ring (bicyclic) bond motifs is 1. The summed E-state index contributed by atoms with van der Waals surface area (Å²) in [5.41, 5.74) is 1.95. The van der Waals surface area contributed by atoms with Crippen LogP contribution in [0, 0.1) is 11.3 Å². The first-order chi connectivity index (χ1) is 8.62. The largest absolute Gasteiger partial charge is 0.305 e. The van der Waals surface area contributed by atoms with Crippen molar-refractivity contribution in [1.29, 1.82) is 0 Å².